The molecule has 0 spiro atoms. The molecule has 1 aliphatic heterocycles. The molecular weight excluding hydrogens is 282 g/mol. The van der Waals surface area contributed by atoms with Crippen molar-refractivity contribution in [1.29, 1.82) is 0 Å². The Balaban J connectivity index is 2.08. The quantitative estimate of drug-likeness (QED) is 0.399. The van der Waals surface area contributed by atoms with Gasteiger partial charge >= 0.3 is 5.97 Å². The number of rotatable bonds is 4. The maximum Gasteiger partial charge on any atom is 0.335 e. The molecule has 1 heterocycles. The summed E-state index contributed by atoms with van der Waals surface area (Å²) in [6.07, 6.45) is -6.33. The molecular formula is C13H17NO7. The highest BCUT2D eigenvalue weighted by Gasteiger charge is 2.43. The molecule has 1 aromatic rings. The van der Waals surface area contributed by atoms with Crippen LogP contribution >= 0.6 is 0 Å². The number of benzene rings is 1. The van der Waals surface area contributed by atoms with E-state index in [0.29, 0.717) is 5.69 Å². The van der Waals surface area contributed by atoms with E-state index in [9.17, 15) is 20.1 Å². The zero-order valence-corrected chi connectivity index (χ0v) is 11.0. The van der Waals surface area contributed by atoms with E-state index in [-0.39, 0.29) is 5.56 Å². The SMILES string of the molecule is O=C(O)c1ccc(N[C@H]2O[C@@H](CO)[C@@H](O)[C@@H](O)[C@H]2O)cc1. The van der Waals surface area contributed by atoms with Crippen LogP contribution in [-0.4, -0.2) is 68.8 Å². The Hall–Kier alpha value is -1.71. The summed E-state index contributed by atoms with van der Waals surface area (Å²) in [5.41, 5.74) is 0.568. The van der Waals surface area contributed by atoms with Crippen molar-refractivity contribution in [3.8, 4) is 0 Å². The summed E-state index contributed by atoms with van der Waals surface area (Å²) in [6, 6.07) is 5.69. The summed E-state index contributed by atoms with van der Waals surface area (Å²) in [5, 5.41) is 49.8. The van der Waals surface area contributed by atoms with Crippen LogP contribution in [0.15, 0.2) is 24.3 Å². The summed E-state index contributed by atoms with van der Waals surface area (Å²) in [6.45, 7) is -0.513. The second-order valence-electron chi connectivity index (χ2n) is 4.78. The lowest BCUT2D eigenvalue weighted by molar-refractivity contribution is -0.221. The third kappa shape index (κ3) is 3.31. The van der Waals surface area contributed by atoms with Crippen molar-refractivity contribution in [3.63, 3.8) is 0 Å². The van der Waals surface area contributed by atoms with Gasteiger partial charge in [-0.3, -0.25) is 0 Å². The van der Waals surface area contributed by atoms with Gasteiger partial charge < -0.3 is 35.6 Å². The molecule has 0 aromatic heterocycles. The van der Waals surface area contributed by atoms with Crippen LogP contribution in [0.4, 0.5) is 5.69 Å². The normalized spacial score (nSPS) is 32.7. The number of aliphatic hydroxyl groups is 4. The molecule has 0 amide bonds. The average molecular weight is 299 g/mol. The number of aromatic carboxylic acids is 1. The molecule has 1 saturated heterocycles. The van der Waals surface area contributed by atoms with Crippen LogP contribution in [0.1, 0.15) is 10.4 Å². The van der Waals surface area contributed by atoms with Gasteiger partial charge in [0.1, 0.15) is 24.4 Å². The molecule has 1 aliphatic rings. The number of carboxylic acid groups (broad SMARTS) is 1. The van der Waals surface area contributed by atoms with E-state index in [2.05, 4.69) is 5.32 Å². The largest absolute Gasteiger partial charge is 0.478 e. The van der Waals surface area contributed by atoms with Crippen LogP contribution in [0, 0.1) is 0 Å². The molecule has 8 heteroatoms. The highest BCUT2D eigenvalue weighted by Crippen LogP contribution is 2.23. The van der Waals surface area contributed by atoms with Gasteiger partial charge in [-0.25, -0.2) is 4.79 Å². The third-order valence-electron chi connectivity index (χ3n) is 3.33. The van der Waals surface area contributed by atoms with Crippen LogP contribution < -0.4 is 5.32 Å². The lowest BCUT2D eigenvalue weighted by atomic mass is 9.98. The highest BCUT2D eigenvalue weighted by molar-refractivity contribution is 5.87. The summed E-state index contributed by atoms with van der Waals surface area (Å²) in [7, 11) is 0. The van der Waals surface area contributed by atoms with Gasteiger partial charge in [0.2, 0.25) is 0 Å². The molecule has 0 unspecified atom stereocenters. The van der Waals surface area contributed by atoms with Gasteiger partial charge in [-0.05, 0) is 24.3 Å². The van der Waals surface area contributed by atoms with E-state index in [1.165, 1.54) is 24.3 Å². The van der Waals surface area contributed by atoms with Gasteiger partial charge in [0.05, 0.1) is 12.2 Å². The minimum Gasteiger partial charge on any atom is -0.478 e. The fraction of sp³-hybridized carbons (Fsp3) is 0.462. The van der Waals surface area contributed by atoms with Crippen molar-refractivity contribution in [1.82, 2.24) is 0 Å². The zero-order valence-electron chi connectivity index (χ0n) is 11.0. The summed E-state index contributed by atoms with van der Waals surface area (Å²) in [4.78, 5) is 10.7. The second kappa shape index (κ2) is 6.37. The Morgan fingerprint density at radius 1 is 1.10 bits per heavy atom. The van der Waals surface area contributed by atoms with E-state index in [4.69, 9.17) is 14.9 Å². The molecule has 8 nitrogen and oxygen atoms in total. The van der Waals surface area contributed by atoms with Gasteiger partial charge in [-0.15, -0.1) is 0 Å². The van der Waals surface area contributed by atoms with E-state index >= 15 is 0 Å². The Morgan fingerprint density at radius 2 is 1.71 bits per heavy atom. The first-order valence-electron chi connectivity index (χ1n) is 6.34. The summed E-state index contributed by atoms with van der Waals surface area (Å²) < 4.78 is 5.27. The van der Waals surface area contributed by atoms with E-state index in [0.717, 1.165) is 0 Å². The zero-order chi connectivity index (χ0) is 15.6. The Labute approximate surface area is 120 Å². The first-order chi connectivity index (χ1) is 9.93. The number of aliphatic hydroxyl groups excluding tert-OH is 4. The predicted molar refractivity (Wildman–Crippen MR) is 70.8 cm³/mol. The fourth-order valence-corrected chi connectivity index (χ4v) is 2.09. The first-order valence-corrected chi connectivity index (χ1v) is 6.34. The lowest BCUT2D eigenvalue weighted by Crippen LogP contribution is -2.60. The van der Waals surface area contributed by atoms with E-state index in [1.807, 2.05) is 0 Å². The molecule has 0 aliphatic carbocycles. The number of hydrogen-bond donors (Lipinski definition) is 6. The fourth-order valence-electron chi connectivity index (χ4n) is 2.09. The molecule has 2 rings (SSSR count). The average Bonchev–Trinajstić information content (AvgIpc) is 2.48. The molecule has 1 aromatic carbocycles. The number of anilines is 1. The maximum atomic E-state index is 10.7. The van der Waals surface area contributed by atoms with Gasteiger partial charge in [-0.2, -0.15) is 0 Å². The molecule has 116 valence electrons. The summed E-state index contributed by atoms with van der Waals surface area (Å²) in [5.74, 6) is -1.06. The molecule has 1 fully saturated rings. The minimum absolute atomic E-state index is 0.106. The van der Waals surface area contributed by atoms with Gasteiger partial charge in [-0.1, -0.05) is 0 Å². The van der Waals surface area contributed by atoms with Crippen molar-refractivity contribution < 1.29 is 35.1 Å². The van der Waals surface area contributed by atoms with Crippen LogP contribution in [0.25, 0.3) is 0 Å². The predicted octanol–water partition coefficient (Wildman–Crippen LogP) is -1.40. The van der Waals surface area contributed by atoms with Crippen molar-refractivity contribution in [2.45, 2.75) is 30.6 Å². The van der Waals surface area contributed by atoms with Crippen molar-refractivity contribution in [3.05, 3.63) is 29.8 Å². The van der Waals surface area contributed by atoms with E-state index < -0.39 is 43.2 Å². The van der Waals surface area contributed by atoms with Gasteiger partial charge in [0.15, 0.2) is 6.23 Å². The van der Waals surface area contributed by atoms with Crippen LogP contribution in [0.2, 0.25) is 0 Å². The van der Waals surface area contributed by atoms with Crippen LogP contribution in [0.5, 0.6) is 0 Å². The van der Waals surface area contributed by atoms with Crippen LogP contribution in [-0.2, 0) is 4.74 Å². The van der Waals surface area contributed by atoms with Crippen molar-refractivity contribution in [2.24, 2.45) is 0 Å². The lowest BCUT2D eigenvalue weighted by Gasteiger charge is -2.40. The topological polar surface area (TPSA) is 139 Å². The number of carbonyl (C=O) groups is 1. The van der Waals surface area contributed by atoms with Crippen molar-refractivity contribution >= 4 is 11.7 Å². The number of hydrogen-bond acceptors (Lipinski definition) is 7. The van der Waals surface area contributed by atoms with Gasteiger partial charge in [0, 0.05) is 5.69 Å². The first kappa shape index (κ1) is 15.7. The Kier molecular flexibility index (Phi) is 4.76. The van der Waals surface area contributed by atoms with Crippen molar-refractivity contribution in [2.75, 3.05) is 11.9 Å². The number of nitrogens with one attached hydrogen (secondary N) is 1. The minimum atomic E-state index is -1.47. The molecule has 5 atom stereocenters. The Morgan fingerprint density at radius 3 is 2.24 bits per heavy atom. The van der Waals surface area contributed by atoms with E-state index in [1.54, 1.807) is 0 Å². The molecule has 0 bridgehead atoms. The second-order valence-corrected chi connectivity index (χ2v) is 4.78. The number of ether oxygens (including phenoxy) is 1. The summed E-state index contributed by atoms with van der Waals surface area (Å²) >= 11 is 0. The van der Waals surface area contributed by atoms with Crippen LogP contribution in [0.3, 0.4) is 0 Å². The third-order valence-corrected chi connectivity index (χ3v) is 3.33. The Bertz CT molecular complexity index is 490. The maximum absolute atomic E-state index is 10.7. The molecule has 21 heavy (non-hydrogen) atoms. The number of carboxylic acids is 1. The van der Waals surface area contributed by atoms with Gasteiger partial charge in [0.25, 0.3) is 0 Å². The highest BCUT2D eigenvalue weighted by atomic mass is 16.6. The smallest absolute Gasteiger partial charge is 0.335 e. The standard InChI is InChI=1S/C13H17NO7/c15-5-8-9(16)10(17)11(18)12(21-8)14-7-3-1-6(2-4-7)13(19)20/h1-4,8-12,14-18H,5H2,(H,19,20)/t8-,9+,10+,11+,12-/m0/s1. The molecule has 0 saturated carbocycles. The monoisotopic (exact) mass is 299 g/mol. The molecule has 0 radical (unpaired) electrons. The molecule has 6 N–H and O–H groups in total.